The van der Waals surface area contributed by atoms with Gasteiger partial charge >= 0.3 is 5.82 Å². The van der Waals surface area contributed by atoms with Gasteiger partial charge in [0.15, 0.2) is 5.16 Å². The number of halogens is 1. The van der Waals surface area contributed by atoms with Gasteiger partial charge in [-0.3, -0.25) is 0 Å². The van der Waals surface area contributed by atoms with Gasteiger partial charge < -0.3 is 14.7 Å². The summed E-state index contributed by atoms with van der Waals surface area (Å²) in [6, 6.07) is 13.5. The lowest BCUT2D eigenvalue weighted by Crippen LogP contribution is -2.02. The molecule has 4 rings (SSSR count). The van der Waals surface area contributed by atoms with Crippen molar-refractivity contribution in [1.82, 2.24) is 24.1 Å². The number of imidazole rings is 2. The molecule has 1 aromatic carbocycles. The van der Waals surface area contributed by atoms with E-state index in [1.807, 2.05) is 41.1 Å². The van der Waals surface area contributed by atoms with Crippen LogP contribution in [-0.2, 0) is 6.54 Å². The van der Waals surface area contributed by atoms with Crippen molar-refractivity contribution in [2.75, 3.05) is 0 Å². The number of aromatic nitrogens is 5. The second kappa shape index (κ2) is 7.54. The Bertz CT molecular complexity index is 1050. The molecule has 26 heavy (non-hydrogen) atoms. The third-order valence-electron chi connectivity index (χ3n) is 3.58. The summed E-state index contributed by atoms with van der Waals surface area (Å²) in [6.07, 6.45) is 4.82. The van der Waals surface area contributed by atoms with E-state index in [0.29, 0.717) is 17.2 Å². The van der Waals surface area contributed by atoms with E-state index in [9.17, 15) is 10.1 Å². The lowest BCUT2D eigenvalue weighted by Gasteiger charge is -2.06. The van der Waals surface area contributed by atoms with E-state index in [1.54, 1.807) is 18.3 Å². The van der Waals surface area contributed by atoms with E-state index >= 15 is 0 Å². The van der Waals surface area contributed by atoms with Gasteiger partial charge in [-0.15, -0.1) is 12.4 Å². The zero-order valence-electron chi connectivity index (χ0n) is 13.3. The van der Waals surface area contributed by atoms with Crippen LogP contribution in [0.25, 0.3) is 5.65 Å². The fourth-order valence-electron chi connectivity index (χ4n) is 2.42. The molecular weight excluding hydrogens is 376 g/mol. The smallest absolute Gasteiger partial charge is 0.358 e. The van der Waals surface area contributed by atoms with Gasteiger partial charge in [-0.2, -0.15) is 0 Å². The topological polar surface area (TPSA) is 91.1 Å². The van der Waals surface area contributed by atoms with Crippen LogP contribution in [0, 0.1) is 10.1 Å². The zero-order valence-corrected chi connectivity index (χ0v) is 14.9. The summed E-state index contributed by atoms with van der Waals surface area (Å²) in [5.74, 6) is -0.162. The molecule has 0 saturated heterocycles. The Morgan fingerprint density at radius 2 is 1.92 bits per heavy atom. The zero-order chi connectivity index (χ0) is 17.2. The van der Waals surface area contributed by atoms with Gasteiger partial charge in [-0.25, -0.2) is 9.97 Å². The number of nitro groups is 1. The van der Waals surface area contributed by atoms with Gasteiger partial charge in [0.05, 0.1) is 0 Å². The summed E-state index contributed by atoms with van der Waals surface area (Å²) >= 11 is 1.35. The van der Waals surface area contributed by atoms with Crippen molar-refractivity contribution in [3.05, 3.63) is 76.7 Å². The summed E-state index contributed by atoms with van der Waals surface area (Å²) in [5.41, 5.74) is 1.60. The first-order valence-electron chi connectivity index (χ1n) is 7.43. The number of hydrogen-bond acceptors (Lipinski definition) is 6. The van der Waals surface area contributed by atoms with Crippen molar-refractivity contribution < 1.29 is 4.92 Å². The maximum Gasteiger partial charge on any atom is 0.368 e. The van der Waals surface area contributed by atoms with Crippen LogP contribution in [0.2, 0.25) is 0 Å². The first-order valence-corrected chi connectivity index (χ1v) is 8.24. The van der Waals surface area contributed by atoms with Gasteiger partial charge in [-0.05, 0) is 28.3 Å². The van der Waals surface area contributed by atoms with Crippen LogP contribution >= 0.6 is 24.2 Å². The molecular formula is C16H13ClN6O2S. The van der Waals surface area contributed by atoms with Crippen molar-refractivity contribution in [3.63, 3.8) is 0 Å². The van der Waals surface area contributed by atoms with Gasteiger partial charge in [0.1, 0.15) is 11.2 Å². The predicted octanol–water partition coefficient (Wildman–Crippen LogP) is 3.46. The second-order valence-electron chi connectivity index (χ2n) is 5.24. The summed E-state index contributed by atoms with van der Waals surface area (Å²) in [4.78, 5) is 18.9. The van der Waals surface area contributed by atoms with Crippen LogP contribution < -0.4 is 0 Å². The number of benzene rings is 1. The number of rotatable bonds is 5. The number of nitrogens with zero attached hydrogens (tertiary/aromatic N) is 6. The van der Waals surface area contributed by atoms with Crippen LogP contribution in [0.5, 0.6) is 0 Å². The van der Waals surface area contributed by atoms with Crippen LogP contribution in [0.15, 0.2) is 71.2 Å². The minimum atomic E-state index is -0.502. The van der Waals surface area contributed by atoms with Crippen molar-refractivity contribution in [1.29, 1.82) is 0 Å². The molecule has 0 N–H and O–H groups in total. The molecule has 0 aliphatic carbocycles. The lowest BCUT2D eigenvalue weighted by molar-refractivity contribution is -0.391. The first-order chi connectivity index (χ1) is 12.2. The summed E-state index contributed by atoms with van der Waals surface area (Å²) in [7, 11) is 0. The molecule has 4 aromatic rings. The molecule has 10 heteroatoms. The highest BCUT2D eigenvalue weighted by Gasteiger charge is 2.17. The molecule has 0 radical (unpaired) electrons. The van der Waals surface area contributed by atoms with Crippen molar-refractivity contribution in [2.45, 2.75) is 16.7 Å². The molecule has 0 bridgehead atoms. The molecule has 0 amide bonds. The Labute approximate surface area is 158 Å². The Morgan fingerprint density at radius 1 is 1.12 bits per heavy atom. The summed E-state index contributed by atoms with van der Waals surface area (Å²) in [5, 5.41) is 16.7. The monoisotopic (exact) mass is 388 g/mol. The number of fused-ring (bicyclic) bond motifs is 1. The Kier molecular flexibility index (Phi) is 5.19. The lowest BCUT2D eigenvalue weighted by atomic mass is 10.2. The molecule has 0 aliphatic rings. The van der Waals surface area contributed by atoms with Gasteiger partial charge in [0, 0.05) is 25.0 Å². The van der Waals surface area contributed by atoms with Crippen LogP contribution in [0.3, 0.4) is 0 Å². The van der Waals surface area contributed by atoms with E-state index in [2.05, 4.69) is 15.1 Å². The Balaban J connectivity index is 0.00000196. The Hall–Kier alpha value is -2.91. The van der Waals surface area contributed by atoms with E-state index in [1.165, 1.54) is 22.5 Å². The third-order valence-corrected chi connectivity index (χ3v) is 4.53. The van der Waals surface area contributed by atoms with Crippen molar-refractivity contribution >= 4 is 35.6 Å². The average molecular weight is 389 g/mol. The molecule has 0 unspecified atom stereocenters. The second-order valence-corrected chi connectivity index (χ2v) is 6.23. The third kappa shape index (κ3) is 3.53. The fraction of sp³-hybridized carbons (Fsp3) is 0.0625. The van der Waals surface area contributed by atoms with Crippen LogP contribution in [0.4, 0.5) is 5.82 Å². The minimum absolute atomic E-state index is 0. The molecule has 132 valence electrons. The number of hydrogen-bond donors (Lipinski definition) is 0. The Morgan fingerprint density at radius 3 is 2.69 bits per heavy atom. The van der Waals surface area contributed by atoms with Gasteiger partial charge in [0.2, 0.25) is 5.65 Å². The molecule has 0 spiro atoms. The van der Waals surface area contributed by atoms with E-state index < -0.39 is 4.92 Å². The molecule has 0 fully saturated rings. The van der Waals surface area contributed by atoms with Crippen LogP contribution in [0.1, 0.15) is 5.56 Å². The molecule has 0 atom stereocenters. The molecule has 0 saturated carbocycles. The normalized spacial score (nSPS) is 10.6. The SMILES string of the molecule is Cl.O=[N+]([O-])c1cnc2ccc(Sc3nccn3Cc3ccccc3)nn12. The van der Waals surface area contributed by atoms with Crippen LogP contribution in [-0.4, -0.2) is 29.1 Å². The molecule has 3 heterocycles. The van der Waals surface area contributed by atoms with Crippen molar-refractivity contribution in [3.8, 4) is 0 Å². The molecule has 8 nitrogen and oxygen atoms in total. The van der Waals surface area contributed by atoms with E-state index in [4.69, 9.17) is 0 Å². The maximum absolute atomic E-state index is 11.0. The first kappa shape index (κ1) is 17.9. The van der Waals surface area contributed by atoms with Gasteiger partial charge in [-0.1, -0.05) is 39.9 Å². The van der Waals surface area contributed by atoms with E-state index in [-0.39, 0.29) is 18.2 Å². The maximum atomic E-state index is 11.0. The highest BCUT2D eigenvalue weighted by Crippen LogP contribution is 2.26. The fourth-order valence-corrected chi connectivity index (χ4v) is 3.22. The molecule has 0 aliphatic heterocycles. The average Bonchev–Trinajstić information content (AvgIpc) is 3.22. The van der Waals surface area contributed by atoms with Gasteiger partial charge in [0.25, 0.3) is 0 Å². The largest absolute Gasteiger partial charge is 0.368 e. The van der Waals surface area contributed by atoms with E-state index in [0.717, 1.165) is 10.7 Å². The standard InChI is InChI=1S/C16H12N6O2S.ClH/c23-22(24)15-10-18-13-6-7-14(19-21(13)15)25-16-17-8-9-20(16)11-12-4-2-1-3-5-12;/h1-10H,11H2;1H. The minimum Gasteiger partial charge on any atom is -0.358 e. The molecule has 3 aromatic heterocycles. The highest BCUT2D eigenvalue weighted by atomic mass is 35.5. The highest BCUT2D eigenvalue weighted by molar-refractivity contribution is 7.99. The summed E-state index contributed by atoms with van der Waals surface area (Å²) in [6.45, 7) is 0.691. The quantitative estimate of drug-likeness (QED) is 0.384. The predicted molar refractivity (Wildman–Crippen MR) is 98.8 cm³/mol. The van der Waals surface area contributed by atoms with Crippen molar-refractivity contribution in [2.24, 2.45) is 0 Å². The summed E-state index contributed by atoms with van der Waals surface area (Å²) < 4.78 is 3.24.